The topological polar surface area (TPSA) is 92.9 Å². The van der Waals surface area contributed by atoms with E-state index in [4.69, 9.17) is 10.5 Å². The second kappa shape index (κ2) is 5.61. The van der Waals surface area contributed by atoms with E-state index >= 15 is 0 Å². The molecule has 0 radical (unpaired) electrons. The number of ether oxygens (including phenoxy) is 1. The molecule has 2 aliphatic heterocycles. The largest absolute Gasteiger partial charge is 0.478 e. The van der Waals surface area contributed by atoms with Gasteiger partial charge in [-0.2, -0.15) is 0 Å². The minimum atomic E-state index is -1.00. The first-order chi connectivity index (χ1) is 11.6. The van der Waals surface area contributed by atoms with Gasteiger partial charge in [-0.05, 0) is 23.6 Å². The van der Waals surface area contributed by atoms with Crippen molar-refractivity contribution in [2.24, 2.45) is 0 Å². The molecule has 7 heteroatoms. The van der Waals surface area contributed by atoms with E-state index in [1.54, 1.807) is 4.90 Å². The number of nitrogen functional groups attached to an aromatic ring is 1. The Morgan fingerprint density at radius 2 is 2.21 bits per heavy atom. The molecule has 24 heavy (non-hydrogen) atoms. The van der Waals surface area contributed by atoms with Crippen LogP contribution in [0.5, 0.6) is 0 Å². The molecule has 1 aromatic heterocycles. The Bertz CT molecular complexity index is 845. The molecule has 0 spiro atoms. The predicted octanol–water partition coefficient (Wildman–Crippen LogP) is 2.30. The number of benzene rings is 1. The van der Waals surface area contributed by atoms with E-state index in [-0.39, 0.29) is 17.6 Å². The minimum Gasteiger partial charge on any atom is -0.478 e. The minimum absolute atomic E-state index is 0.00990. The van der Waals surface area contributed by atoms with Crippen molar-refractivity contribution in [2.45, 2.75) is 19.1 Å². The van der Waals surface area contributed by atoms with Crippen LogP contribution in [-0.4, -0.2) is 35.0 Å². The number of nitrogens with two attached hydrogens (primary N) is 1. The fourth-order valence-corrected chi connectivity index (χ4v) is 4.57. The van der Waals surface area contributed by atoms with Crippen LogP contribution in [0.3, 0.4) is 0 Å². The van der Waals surface area contributed by atoms with E-state index in [9.17, 15) is 14.7 Å². The van der Waals surface area contributed by atoms with E-state index in [1.165, 1.54) is 11.3 Å². The van der Waals surface area contributed by atoms with E-state index < -0.39 is 5.97 Å². The van der Waals surface area contributed by atoms with Crippen LogP contribution in [0.1, 0.15) is 42.8 Å². The van der Waals surface area contributed by atoms with Crippen LogP contribution in [0.4, 0.5) is 5.00 Å². The standard InChI is InChI=1S/C17H16N2O4S/c18-15-13(17(21)22)11-5-6-23-12(14(11)24-15)8-19-7-9-3-1-2-4-10(9)16(19)20/h1-4,12H,5-8,18H2,(H,21,22). The number of carboxylic acid groups (broad SMARTS) is 1. The molecule has 6 nitrogen and oxygen atoms in total. The van der Waals surface area contributed by atoms with Gasteiger partial charge in [0.1, 0.15) is 11.1 Å². The highest BCUT2D eigenvalue weighted by molar-refractivity contribution is 7.16. The Morgan fingerprint density at radius 3 is 2.96 bits per heavy atom. The zero-order valence-electron chi connectivity index (χ0n) is 12.8. The van der Waals surface area contributed by atoms with Crippen molar-refractivity contribution in [2.75, 3.05) is 18.9 Å². The fraction of sp³-hybridized carbons (Fsp3) is 0.294. The van der Waals surface area contributed by atoms with Crippen molar-refractivity contribution in [3.8, 4) is 0 Å². The van der Waals surface area contributed by atoms with Crippen LogP contribution >= 0.6 is 11.3 Å². The molecule has 2 aliphatic rings. The summed E-state index contributed by atoms with van der Waals surface area (Å²) < 4.78 is 5.83. The summed E-state index contributed by atoms with van der Waals surface area (Å²) in [5.74, 6) is -1.01. The number of fused-ring (bicyclic) bond motifs is 2. The summed E-state index contributed by atoms with van der Waals surface area (Å²) in [6, 6.07) is 7.56. The Balaban J connectivity index is 1.61. The summed E-state index contributed by atoms with van der Waals surface area (Å²) >= 11 is 1.26. The van der Waals surface area contributed by atoms with E-state index in [0.717, 1.165) is 21.6 Å². The van der Waals surface area contributed by atoms with Crippen molar-refractivity contribution in [3.05, 3.63) is 51.4 Å². The first-order valence-corrected chi connectivity index (χ1v) is 8.51. The number of anilines is 1. The molecule has 1 atom stereocenters. The summed E-state index contributed by atoms with van der Waals surface area (Å²) in [6.45, 7) is 1.39. The molecular formula is C17H16N2O4S. The molecule has 3 N–H and O–H groups in total. The molecule has 0 saturated heterocycles. The average Bonchev–Trinajstić information content (AvgIpc) is 3.06. The van der Waals surface area contributed by atoms with Gasteiger partial charge in [0.2, 0.25) is 0 Å². The van der Waals surface area contributed by atoms with Gasteiger partial charge in [-0.3, -0.25) is 4.79 Å². The first-order valence-electron chi connectivity index (χ1n) is 7.69. The SMILES string of the molecule is Nc1sc2c(c1C(=O)O)CCOC2CN1Cc2ccccc2C1=O. The zero-order chi connectivity index (χ0) is 16.8. The number of hydrogen-bond acceptors (Lipinski definition) is 5. The molecule has 1 unspecified atom stereocenters. The monoisotopic (exact) mass is 344 g/mol. The predicted molar refractivity (Wildman–Crippen MR) is 89.3 cm³/mol. The molecule has 1 amide bonds. The van der Waals surface area contributed by atoms with Gasteiger partial charge < -0.3 is 20.5 Å². The lowest BCUT2D eigenvalue weighted by molar-refractivity contribution is 0.0181. The molecular weight excluding hydrogens is 328 g/mol. The molecule has 0 saturated carbocycles. The Labute approximate surface area is 142 Å². The molecule has 0 fully saturated rings. The number of rotatable bonds is 3. The normalized spacial score (nSPS) is 19.2. The third kappa shape index (κ3) is 2.28. The maximum atomic E-state index is 12.5. The second-order valence-corrected chi connectivity index (χ2v) is 7.03. The fourth-order valence-electron chi connectivity index (χ4n) is 3.42. The van der Waals surface area contributed by atoms with E-state index in [1.807, 2.05) is 24.3 Å². The molecule has 0 aliphatic carbocycles. The molecule has 0 bridgehead atoms. The van der Waals surface area contributed by atoms with Crippen molar-refractivity contribution >= 4 is 28.2 Å². The van der Waals surface area contributed by atoms with Crippen molar-refractivity contribution in [3.63, 3.8) is 0 Å². The van der Waals surface area contributed by atoms with E-state index in [2.05, 4.69) is 0 Å². The Hall–Kier alpha value is -2.38. The molecule has 1 aromatic carbocycles. The Kier molecular flexibility index (Phi) is 3.54. The lowest BCUT2D eigenvalue weighted by atomic mass is 10.0. The molecule has 124 valence electrons. The number of amides is 1. The summed E-state index contributed by atoms with van der Waals surface area (Å²) in [4.78, 5) is 26.5. The van der Waals surface area contributed by atoms with Crippen molar-refractivity contribution in [1.82, 2.24) is 4.90 Å². The number of hydrogen-bond donors (Lipinski definition) is 2. The van der Waals surface area contributed by atoms with Crippen molar-refractivity contribution < 1.29 is 19.4 Å². The van der Waals surface area contributed by atoms with Crippen LogP contribution in [0.2, 0.25) is 0 Å². The maximum absolute atomic E-state index is 12.5. The zero-order valence-corrected chi connectivity index (χ0v) is 13.6. The van der Waals surface area contributed by atoms with E-state index in [0.29, 0.717) is 31.1 Å². The summed E-state index contributed by atoms with van der Waals surface area (Å²) in [5.41, 5.74) is 8.58. The van der Waals surface area contributed by atoms with Crippen LogP contribution in [0.15, 0.2) is 24.3 Å². The molecule has 4 rings (SSSR count). The number of carboxylic acids is 1. The van der Waals surface area contributed by atoms with Gasteiger partial charge in [-0.1, -0.05) is 18.2 Å². The molecule has 3 heterocycles. The van der Waals surface area contributed by atoms with Gasteiger partial charge >= 0.3 is 5.97 Å². The van der Waals surface area contributed by atoms with Crippen LogP contribution < -0.4 is 5.73 Å². The lowest BCUT2D eigenvalue weighted by Crippen LogP contribution is -2.32. The second-order valence-electron chi connectivity index (χ2n) is 5.94. The van der Waals surface area contributed by atoms with Gasteiger partial charge in [-0.15, -0.1) is 11.3 Å². The van der Waals surface area contributed by atoms with Crippen LogP contribution in [0.25, 0.3) is 0 Å². The lowest BCUT2D eigenvalue weighted by Gasteiger charge is -2.27. The number of nitrogens with zero attached hydrogens (tertiary/aromatic N) is 1. The highest BCUT2D eigenvalue weighted by Crippen LogP contribution is 2.40. The summed E-state index contributed by atoms with van der Waals surface area (Å²) in [7, 11) is 0. The quantitative estimate of drug-likeness (QED) is 0.891. The smallest absolute Gasteiger partial charge is 0.338 e. The Morgan fingerprint density at radius 1 is 1.42 bits per heavy atom. The summed E-state index contributed by atoms with van der Waals surface area (Å²) in [6.07, 6.45) is 0.211. The third-order valence-corrected chi connectivity index (χ3v) is 5.68. The maximum Gasteiger partial charge on any atom is 0.338 e. The number of carbonyl (C=O) groups excluding carboxylic acids is 1. The van der Waals surface area contributed by atoms with Gasteiger partial charge in [0, 0.05) is 17.0 Å². The van der Waals surface area contributed by atoms with Crippen molar-refractivity contribution in [1.29, 1.82) is 0 Å². The summed E-state index contributed by atoms with van der Waals surface area (Å²) in [5, 5.41) is 9.67. The third-order valence-electron chi connectivity index (χ3n) is 4.53. The van der Waals surface area contributed by atoms with Gasteiger partial charge in [-0.25, -0.2) is 4.79 Å². The first kappa shape index (κ1) is 15.2. The number of thiophene rings is 1. The number of aromatic carboxylic acids is 1. The average molecular weight is 344 g/mol. The van der Waals surface area contributed by atoms with Gasteiger partial charge in [0.05, 0.1) is 18.7 Å². The highest BCUT2D eigenvalue weighted by Gasteiger charge is 2.34. The van der Waals surface area contributed by atoms with Gasteiger partial charge in [0.25, 0.3) is 5.91 Å². The van der Waals surface area contributed by atoms with Gasteiger partial charge in [0.15, 0.2) is 0 Å². The van der Waals surface area contributed by atoms with Crippen LogP contribution in [0, 0.1) is 0 Å². The highest BCUT2D eigenvalue weighted by atomic mass is 32.1. The molecule has 2 aromatic rings. The van der Waals surface area contributed by atoms with Crippen LogP contribution in [-0.2, 0) is 17.7 Å². The number of carbonyl (C=O) groups is 2.